The Bertz CT molecular complexity index is 539. The number of nitrogens with zero attached hydrogens (tertiary/aromatic N) is 1. The molecule has 1 aromatic carbocycles. The summed E-state index contributed by atoms with van der Waals surface area (Å²) < 4.78 is 13.8. The molecular formula is C13H9BrFNO. The highest BCUT2D eigenvalue weighted by atomic mass is 79.9. The second-order valence-electron chi connectivity index (χ2n) is 3.58. The van der Waals surface area contributed by atoms with E-state index in [2.05, 4.69) is 20.9 Å². The van der Waals surface area contributed by atoms with E-state index in [1.54, 1.807) is 18.3 Å². The molecule has 0 aliphatic carbocycles. The lowest BCUT2D eigenvalue weighted by Gasteiger charge is -2.01. The lowest BCUT2D eigenvalue weighted by molar-refractivity contribution is 0.0991. The highest BCUT2D eigenvalue weighted by Gasteiger charge is 2.08. The number of benzene rings is 1. The van der Waals surface area contributed by atoms with E-state index in [0.29, 0.717) is 11.3 Å². The molecule has 0 bridgehead atoms. The monoisotopic (exact) mass is 293 g/mol. The lowest BCUT2D eigenvalue weighted by Crippen LogP contribution is -2.05. The third-order valence-corrected chi connectivity index (χ3v) is 2.75. The summed E-state index contributed by atoms with van der Waals surface area (Å²) in [5, 5.41) is 0. The fourth-order valence-corrected chi connectivity index (χ4v) is 1.67. The van der Waals surface area contributed by atoms with Crippen LogP contribution in [0.1, 0.15) is 16.1 Å². The summed E-state index contributed by atoms with van der Waals surface area (Å²) in [6.07, 6.45) is 1.81. The molecule has 2 rings (SSSR count). The van der Waals surface area contributed by atoms with Crippen LogP contribution in [0.15, 0.2) is 47.1 Å². The van der Waals surface area contributed by atoms with Gasteiger partial charge in [-0.05, 0) is 40.2 Å². The molecule has 0 amide bonds. The number of hydrogen-bond donors (Lipinski definition) is 0. The molecule has 17 heavy (non-hydrogen) atoms. The van der Waals surface area contributed by atoms with Crippen molar-refractivity contribution in [1.82, 2.24) is 4.98 Å². The zero-order valence-corrected chi connectivity index (χ0v) is 10.4. The van der Waals surface area contributed by atoms with Crippen LogP contribution in [-0.2, 0) is 6.42 Å². The van der Waals surface area contributed by atoms with Crippen LogP contribution in [-0.4, -0.2) is 10.8 Å². The first-order chi connectivity index (χ1) is 8.15. The molecule has 0 atom stereocenters. The minimum Gasteiger partial charge on any atom is -0.294 e. The van der Waals surface area contributed by atoms with Crippen LogP contribution < -0.4 is 0 Å². The number of carbonyl (C=O) groups is 1. The van der Waals surface area contributed by atoms with Crippen molar-refractivity contribution in [3.8, 4) is 0 Å². The number of carbonyl (C=O) groups excluding carboxylic acids is 1. The molecule has 2 nitrogen and oxygen atoms in total. The molecule has 0 saturated heterocycles. The molecular weight excluding hydrogens is 285 g/mol. The quantitative estimate of drug-likeness (QED) is 0.812. The minimum absolute atomic E-state index is 0.140. The normalized spacial score (nSPS) is 10.2. The average molecular weight is 294 g/mol. The maximum atomic E-state index is 12.9. The fraction of sp³-hybridized carbons (Fsp3) is 0.0769. The summed E-state index contributed by atoms with van der Waals surface area (Å²) >= 11 is 3.27. The summed E-state index contributed by atoms with van der Waals surface area (Å²) in [6, 6.07) is 9.26. The van der Waals surface area contributed by atoms with E-state index in [9.17, 15) is 9.18 Å². The van der Waals surface area contributed by atoms with E-state index < -0.39 is 5.82 Å². The minimum atomic E-state index is -0.403. The average Bonchev–Trinajstić information content (AvgIpc) is 2.32. The van der Waals surface area contributed by atoms with E-state index in [1.807, 2.05) is 6.07 Å². The zero-order valence-electron chi connectivity index (χ0n) is 8.86. The first-order valence-electron chi connectivity index (χ1n) is 5.04. The largest absolute Gasteiger partial charge is 0.294 e. The van der Waals surface area contributed by atoms with Gasteiger partial charge in [0.05, 0.1) is 6.42 Å². The van der Waals surface area contributed by atoms with Gasteiger partial charge in [-0.3, -0.25) is 9.78 Å². The van der Waals surface area contributed by atoms with E-state index in [1.165, 1.54) is 18.2 Å². The highest BCUT2D eigenvalue weighted by Crippen LogP contribution is 2.11. The summed E-state index contributed by atoms with van der Waals surface area (Å²) in [6.45, 7) is 0. The molecule has 0 unspecified atom stereocenters. The molecule has 0 spiro atoms. The number of aromatic nitrogens is 1. The van der Waals surface area contributed by atoms with E-state index >= 15 is 0 Å². The van der Waals surface area contributed by atoms with Crippen LogP contribution in [0.25, 0.3) is 0 Å². The molecule has 0 fully saturated rings. The Hall–Kier alpha value is -1.55. The summed E-state index contributed by atoms with van der Waals surface area (Å²) in [5.74, 6) is -0.543. The van der Waals surface area contributed by atoms with Crippen LogP contribution in [0.2, 0.25) is 0 Å². The second-order valence-corrected chi connectivity index (χ2v) is 4.49. The first kappa shape index (κ1) is 11.9. The van der Waals surface area contributed by atoms with Crippen molar-refractivity contribution in [1.29, 1.82) is 0 Å². The smallest absolute Gasteiger partial charge is 0.168 e. The molecule has 4 heteroatoms. The van der Waals surface area contributed by atoms with Gasteiger partial charge in [-0.2, -0.15) is 0 Å². The van der Waals surface area contributed by atoms with Gasteiger partial charge in [0.2, 0.25) is 0 Å². The number of Topliss-reactive ketones (excluding diaryl/α,β-unsaturated/α-hetero) is 1. The van der Waals surface area contributed by atoms with Crippen molar-refractivity contribution in [2.24, 2.45) is 0 Å². The molecule has 1 aromatic heterocycles. The first-order valence-corrected chi connectivity index (χ1v) is 5.83. The Labute approximate surface area is 107 Å². The Balaban J connectivity index is 2.14. The number of hydrogen-bond acceptors (Lipinski definition) is 2. The summed E-state index contributed by atoms with van der Waals surface area (Å²) in [7, 11) is 0. The number of pyridine rings is 1. The van der Waals surface area contributed by atoms with Crippen LogP contribution in [0.5, 0.6) is 0 Å². The molecule has 2 aromatic rings. The van der Waals surface area contributed by atoms with Gasteiger partial charge in [-0.15, -0.1) is 0 Å². The standard InChI is InChI=1S/C13H9BrFNO/c14-10-4-5-12(16-8-10)7-13(17)9-2-1-3-11(15)6-9/h1-6,8H,7H2. The Morgan fingerprint density at radius 3 is 2.76 bits per heavy atom. The van der Waals surface area contributed by atoms with Crippen molar-refractivity contribution in [3.63, 3.8) is 0 Å². The molecule has 0 radical (unpaired) electrons. The summed E-state index contributed by atoms with van der Waals surface area (Å²) in [4.78, 5) is 15.9. The van der Waals surface area contributed by atoms with Gasteiger partial charge in [0, 0.05) is 21.9 Å². The van der Waals surface area contributed by atoms with Crippen LogP contribution in [0.4, 0.5) is 4.39 Å². The third kappa shape index (κ3) is 3.20. The van der Waals surface area contributed by atoms with Gasteiger partial charge in [0.25, 0.3) is 0 Å². The highest BCUT2D eigenvalue weighted by molar-refractivity contribution is 9.10. The molecule has 0 N–H and O–H groups in total. The van der Waals surface area contributed by atoms with Crippen molar-refractivity contribution in [2.45, 2.75) is 6.42 Å². The topological polar surface area (TPSA) is 30.0 Å². The summed E-state index contributed by atoms with van der Waals surface area (Å²) in [5.41, 5.74) is 1.04. The maximum Gasteiger partial charge on any atom is 0.168 e. The second kappa shape index (κ2) is 5.19. The van der Waals surface area contributed by atoms with Crippen molar-refractivity contribution in [2.75, 3.05) is 0 Å². The van der Waals surface area contributed by atoms with E-state index in [4.69, 9.17) is 0 Å². The van der Waals surface area contributed by atoms with Crippen molar-refractivity contribution < 1.29 is 9.18 Å². The molecule has 0 aliphatic heterocycles. The third-order valence-electron chi connectivity index (χ3n) is 2.28. The maximum absolute atomic E-state index is 12.9. The van der Waals surface area contributed by atoms with Crippen molar-refractivity contribution in [3.05, 3.63) is 64.1 Å². The predicted octanol–water partition coefficient (Wildman–Crippen LogP) is 3.41. The van der Waals surface area contributed by atoms with Crippen molar-refractivity contribution >= 4 is 21.7 Å². The van der Waals surface area contributed by atoms with Gasteiger partial charge in [-0.25, -0.2) is 4.39 Å². The van der Waals surface area contributed by atoms with Crippen LogP contribution >= 0.6 is 15.9 Å². The Morgan fingerprint density at radius 1 is 1.29 bits per heavy atom. The predicted molar refractivity (Wildman–Crippen MR) is 66.4 cm³/mol. The van der Waals surface area contributed by atoms with E-state index in [0.717, 1.165) is 4.47 Å². The Morgan fingerprint density at radius 2 is 2.12 bits per heavy atom. The zero-order chi connectivity index (χ0) is 12.3. The Kier molecular flexibility index (Phi) is 3.64. The van der Waals surface area contributed by atoms with Gasteiger partial charge >= 0.3 is 0 Å². The number of rotatable bonds is 3. The lowest BCUT2D eigenvalue weighted by atomic mass is 10.1. The molecule has 86 valence electrons. The van der Waals surface area contributed by atoms with E-state index in [-0.39, 0.29) is 12.2 Å². The molecule has 0 aliphatic rings. The van der Waals surface area contributed by atoms with Gasteiger partial charge in [-0.1, -0.05) is 12.1 Å². The van der Waals surface area contributed by atoms with Crippen LogP contribution in [0.3, 0.4) is 0 Å². The number of ketones is 1. The van der Waals surface area contributed by atoms with Gasteiger partial charge in [0.15, 0.2) is 5.78 Å². The van der Waals surface area contributed by atoms with Gasteiger partial charge in [0.1, 0.15) is 5.82 Å². The number of halogens is 2. The fourth-order valence-electron chi connectivity index (χ4n) is 1.44. The molecule has 1 heterocycles. The molecule has 0 saturated carbocycles. The van der Waals surface area contributed by atoms with Gasteiger partial charge < -0.3 is 0 Å². The van der Waals surface area contributed by atoms with Crippen LogP contribution in [0, 0.1) is 5.82 Å². The SMILES string of the molecule is O=C(Cc1ccc(Br)cn1)c1cccc(F)c1.